The molecule has 0 amide bonds. The highest BCUT2D eigenvalue weighted by Gasteiger charge is 2.37. The Morgan fingerprint density at radius 3 is 2.64 bits per heavy atom. The van der Waals surface area contributed by atoms with Crippen molar-refractivity contribution < 1.29 is 9.59 Å². The summed E-state index contributed by atoms with van der Waals surface area (Å²) in [4.78, 5) is 34.2. The zero-order chi connectivity index (χ0) is 15.7. The van der Waals surface area contributed by atoms with E-state index in [0.717, 1.165) is 38.0 Å². The van der Waals surface area contributed by atoms with Crippen molar-refractivity contribution in [2.75, 3.05) is 31.6 Å². The van der Waals surface area contributed by atoms with Gasteiger partial charge in [0.05, 0.1) is 0 Å². The van der Waals surface area contributed by atoms with Gasteiger partial charge in [-0.2, -0.15) is 0 Å². The summed E-state index contributed by atoms with van der Waals surface area (Å²) in [6.07, 6.45) is 5.53. The predicted molar refractivity (Wildman–Crippen MR) is 85.0 cm³/mol. The first kappa shape index (κ1) is 14.7. The van der Waals surface area contributed by atoms with E-state index >= 15 is 0 Å². The first-order valence-electron chi connectivity index (χ1n) is 7.67. The molecule has 1 aromatic rings. The molecule has 0 fully saturated rings. The number of rotatable bonds is 5. The summed E-state index contributed by atoms with van der Waals surface area (Å²) in [5.41, 5.74) is 2.26. The molecule has 0 unspecified atom stereocenters. The number of anilines is 1. The largest absolute Gasteiger partial charge is 0.341 e. The zero-order valence-corrected chi connectivity index (χ0v) is 12.9. The van der Waals surface area contributed by atoms with Crippen LogP contribution in [0.25, 0.3) is 5.57 Å². The molecule has 1 aromatic heterocycles. The normalized spacial score (nSPS) is 16.8. The topological polar surface area (TPSA) is 78.1 Å². The summed E-state index contributed by atoms with van der Waals surface area (Å²) < 4.78 is 0. The van der Waals surface area contributed by atoms with Crippen molar-refractivity contribution in [1.82, 2.24) is 15.3 Å². The molecule has 0 atom stereocenters. The summed E-state index contributed by atoms with van der Waals surface area (Å²) in [6, 6.07) is 0. The summed E-state index contributed by atoms with van der Waals surface area (Å²) >= 11 is 0. The van der Waals surface area contributed by atoms with Gasteiger partial charge in [0.25, 0.3) is 5.78 Å². The van der Waals surface area contributed by atoms with Crippen LogP contribution in [0.15, 0.2) is 17.7 Å². The molecule has 0 aliphatic heterocycles. The van der Waals surface area contributed by atoms with E-state index in [1.54, 1.807) is 0 Å². The molecule has 2 aliphatic carbocycles. The minimum Gasteiger partial charge on any atom is -0.341 e. The monoisotopic (exact) mass is 300 g/mol. The van der Waals surface area contributed by atoms with Crippen LogP contribution in [0, 0.1) is 0 Å². The Morgan fingerprint density at radius 2 is 1.95 bits per heavy atom. The van der Waals surface area contributed by atoms with Gasteiger partial charge in [-0.05, 0) is 26.8 Å². The average Bonchev–Trinajstić information content (AvgIpc) is 2.99. The second-order valence-electron chi connectivity index (χ2n) is 5.44. The molecule has 0 aromatic carbocycles. The number of hydrogen-bond donors (Lipinski definition) is 2. The number of aromatic amines is 1. The van der Waals surface area contributed by atoms with E-state index in [1.165, 1.54) is 0 Å². The lowest BCUT2D eigenvalue weighted by atomic mass is 9.84. The maximum Gasteiger partial charge on any atom is 0.251 e. The average molecular weight is 300 g/mol. The highest BCUT2D eigenvalue weighted by Crippen LogP contribution is 2.36. The lowest BCUT2D eigenvalue weighted by Crippen LogP contribution is -2.31. The lowest BCUT2D eigenvalue weighted by molar-refractivity contribution is -0.111. The highest BCUT2D eigenvalue weighted by molar-refractivity contribution is 6.54. The fourth-order valence-corrected chi connectivity index (χ4v) is 2.88. The van der Waals surface area contributed by atoms with Gasteiger partial charge < -0.3 is 15.2 Å². The third-order valence-electron chi connectivity index (χ3n) is 4.09. The van der Waals surface area contributed by atoms with Gasteiger partial charge in [0.1, 0.15) is 11.4 Å². The van der Waals surface area contributed by atoms with Crippen LogP contribution < -0.4 is 10.2 Å². The van der Waals surface area contributed by atoms with Gasteiger partial charge in [-0.1, -0.05) is 12.2 Å². The van der Waals surface area contributed by atoms with Crippen molar-refractivity contribution in [3.05, 3.63) is 29.1 Å². The first-order valence-corrected chi connectivity index (χ1v) is 7.67. The van der Waals surface area contributed by atoms with E-state index in [2.05, 4.69) is 20.2 Å². The Labute approximate surface area is 129 Å². The van der Waals surface area contributed by atoms with Crippen LogP contribution in [0.3, 0.4) is 0 Å². The molecule has 1 heterocycles. The number of nitrogens with one attached hydrogen (secondary N) is 2. The summed E-state index contributed by atoms with van der Waals surface area (Å²) in [5.74, 6) is -0.257. The van der Waals surface area contributed by atoms with Crippen LogP contribution in [0.1, 0.15) is 35.9 Å². The van der Waals surface area contributed by atoms with Crippen LogP contribution in [-0.4, -0.2) is 48.2 Å². The van der Waals surface area contributed by atoms with E-state index in [9.17, 15) is 9.59 Å². The number of aromatic nitrogens is 2. The van der Waals surface area contributed by atoms with Crippen molar-refractivity contribution in [1.29, 1.82) is 0 Å². The lowest BCUT2D eigenvalue weighted by Gasteiger charge is -2.19. The van der Waals surface area contributed by atoms with E-state index in [0.29, 0.717) is 22.9 Å². The number of likely N-dealkylation sites (N-methyl/N-ethyl adjacent to an activating group) is 2. The van der Waals surface area contributed by atoms with Crippen molar-refractivity contribution in [2.45, 2.75) is 19.8 Å². The molecule has 2 N–H and O–H groups in total. The standard InChI is InChI=1S/C16H20N4O2/c1-3-20(9-8-17-2)16-18-12-10-6-4-5-7-11(10)14(21)15(22)13(12)19-16/h6-7,17H,3-5,8-9H2,1-2H3,(H,18,19). The number of carbonyl (C=O) groups excluding carboxylic acids is 2. The van der Waals surface area contributed by atoms with Crippen molar-refractivity contribution >= 4 is 23.1 Å². The number of hydrogen-bond acceptors (Lipinski definition) is 5. The fraction of sp³-hybridized carbons (Fsp3) is 0.438. The van der Waals surface area contributed by atoms with Crippen molar-refractivity contribution in [3.8, 4) is 0 Å². The maximum absolute atomic E-state index is 12.3. The van der Waals surface area contributed by atoms with E-state index < -0.39 is 11.6 Å². The quantitative estimate of drug-likeness (QED) is 0.802. The Kier molecular flexibility index (Phi) is 3.94. The second-order valence-corrected chi connectivity index (χ2v) is 5.44. The van der Waals surface area contributed by atoms with Gasteiger partial charge in [0.2, 0.25) is 11.7 Å². The highest BCUT2D eigenvalue weighted by atomic mass is 16.2. The third-order valence-corrected chi connectivity index (χ3v) is 4.09. The third kappa shape index (κ3) is 2.29. The van der Waals surface area contributed by atoms with Crippen LogP contribution >= 0.6 is 0 Å². The number of imidazole rings is 1. The minimum absolute atomic E-state index is 0.327. The molecule has 0 spiro atoms. The zero-order valence-electron chi connectivity index (χ0n) is 12.9. The van der Waals surface area contributed by atoms with E-state index in [-0.39, 0.29) is 0 Å². The Morgan fingerprint density at radius 1 is 1.23 bits per heavy atom. The Bertz CT molecular complexity index is 684. The molecular formula is C16H20N4O2. The van der Waals surface area contributed by atoms with Crippen LogP contribution in [0.5, 0.6) is 0 Å². The van der Waals surface area contributed by atoms with Crippen LogP contribution in [0.4, 0.5) is 5.95 Å². The predicted octanol–water partition coefficient (Wildman–Crippen LogP) is 1.32. The maximum atomic E-state index is 12.3. The van der Waals surface area contributed by atoms with Crippen LogP contribution in [0.2, 0.25) is 0 Å². The molecule has 3 rings (SSSR count). The smallest absolute Gasteiger partial charge is 0.251 e. The van der Waals surface area contributed by atoms with E-state index in [1.807, 2.05) is 26.1 Å². The van der Waals surface area contributed by atoms with Gasteiger partial charge in [0.15, 0.2) is 0 Å². The molecular weight excluding hydrogens is 280 g/mol. The molecule has 2 aliphatic rings. The Balaban J connectivity index is 2.02. The molecule has 0 saturated heterocycles. The van der Waals surface area contributed by atoms with Gasteiger partial charge in [0, 0.05) is 30.8 Å². The number of H-pyrrole nitrogens is 1. The molecule has 22 heavy (non-hydrogen) atoms. The fourth-order valence-electron chi connectivity index (χ4n) is 2.88. The summed E-state index contributed by atoms with van der Waals surface area (Å²) in [6.45, 7) is 4.41. The number of fused-ring (bicyclic) bond motifs is 3. The summed E-state index contributed by atoms with van der Waals surface area (Å²) in [5, 5.41) is 3.10. The van der Waals surface area contributed by atoms with Gasteiger partial charge >= 0.3 is 0 Å². The molecule has 0 bridgehead atoms. The van der Waals surface area contributed by atoms with Crippen molar-refractivity contribution in [2.24, 2.45) is 0 Å². The molecule has 116 valence electrons. The number of carbonyl (C=O) groups is 2. The first-order chi connectivity index (χ1) is 10.7. The molecule has 6 heteroatoms. The summed E-state index contributed by atoms with van der Waals surface area (Å²) in [7, 11) is 1.90. The van der Waals surface area contributed by atoms with Crippen molar-refractivity contribution in [3.63, 3.8) is 0 Å². The second kappa shape index (κ2) is 5.88. The molecule has 0 saturated carbocycles. The SMILES string of the molecule is CCN(CCNC)c1nc2c([nH]1)C(=O)C(=O)C1=CCCC=C12. The Hall–Kier alpha value is -2.21. The minimum atomic E-state index is -0.483. The van der Waals surface area contributed by atoms with Crippen LogP contribution in [-0.2, 0) is 4.79 Å². The molecule has 6 nitrogen and oxygen atoms in total. The number of nitrogens with zero attached hydrogens (tertiary/aromatic N) is 2. The van der Waals surface area contributed by atoms with Gasteiger partial charge in [-0.25, -0.2) is 4.98 Å². The number of Topliss-reactive ketones (excluding diaryl/α,β-unsaturated/α-hetero) is 2. The van der Waals surface area contributed by atoms with Gasteiger partial charge in [-0.15, -0.1) is 0 Å². The number of ketones is 2. The van der Waals surface area contributed by atoms with E-state index in [4.69, 9.17) is 0 Å². The number of allylic oxidation sites excluding steroid dienone is 4. The molecule has 0 radical (unpaired) electrons. The van der Waals surface area contributed by atoms with Gasteiger partial charge in [-0.3, -0.25) is 9.59 Å².